The minimum atomic E-state index is 0.374. The summed E-state index contributed by atoms with van der Waals surface area (Å²) in [6.07, 6.45) is 6.05. The summed E-state index contributed by atoms with van der Waals surface area (Å²) in [6.45, 7) is 6.35. The Balaban J connectivity index is 1.44. The fourth-order valence-electron chi connectivity index (χ4n) is 4.49. The van der Waals surface area contributed by atoms with Crippen molar-refractivity contribution < 1.29 is 4.74 Å². The Labute approximate surface area is 153 Å². The molecule has 1 spiro atoms. The first-order valence-corrected chi connectivity index (χ1v) is 9.93. The molecule has 2 saturated heterocycles. The molecule has 25 heavy (non-hydrogen) atoms. The van der Waals surface area contributed by atoms with E-state index in [0.717, 1.165) is 38.7 Å². The molecule has 0 radical (unpaired) electrons. The van der Waals surface area contributed by atoms with Gasteiger partial charge < -0.3 is 9.64 Å². The van der Waals surface area contributed by atoms with Crippen LogP contribution in [0.25, 0.3) is 0 Å². The maximum absolute atomic E-state index is 5.59. The third kappa shape index (κ3) is 3.57. The van der Waals surface area contributed by atoms with Crippen LogP contribution < -0.4 is 4.90 Å². The number of hydrogen-bond acceptors (Lipinski definition) is 6. The monoisotopic (exact) mass is 358 g/mol. The van der Waals surface area contributed by atoms with Gasteiger partial charge in [0.25, 0.3) is 0 Å². The molecule has 2 aliphatic heterocycles. The van der Waals surface area contributed by atoms with Gasteiger partial charge in [-0.05, 0) is 35.8 Å². The largest absolute Gasteiger partial charge is 0.384 e. The van der Waals surface area contributed by atoms with E-state index < -0.39 is 0 Å². The lowest BCUT2D eigenvalue weighted by atomic mass is 9.71. The van der Waals surface area contributed by atoms with Gasteiger partial charge in [0.05, 0.1) is 6.61 Å². The third-order valence-corrected chi connectivity index (χ3v) is 6.67. The zero-order chi connectivity index (χ0) is 17.1. The van der Waals surface area contributed by atoms with Crippen molar-refractivity contribution in [2.24, 2.45) is 11.3 Å². The zero-order valence-electron chi connectivity index (χ0n) is 14.8. The van der Waals surface area contributed by atoms with Gasteiger partial charge in [0, 0.05) is 63.0 Å². The Morgan fingerprint density at radius 1 is 1.24 bits per heavy atom. The Kier molecular flexibility index (Phi) is 5.01. The Hall–Kier alpha value is -1.50. The first-order valence-electron chi connectivity index (χ1n) is 9.05. The molecular formula is C19H26N4OS. The highest BCUT2D eigenvalue weighted by atomic mass is 32.1. The summed E-state index contributed by atoms with van der Waals surface area (Å²) < 4.78 is 5.59. The van der Waals surface area contributed by atoms with E-state index in [2.05, 4.69) is 37.3 Å². The molecule has 0 amide bonds. The summed E-state index contributed by atoms with van der Waals surface area (Å²) >= 11 is 1.86. The highest BCUT2D eigenvalue weighted by Crippen LogP contribution is 2.45. The van der Waals surface area contributed by atoms with E-state index in [4.69, 9.17) is 4.74 Å². The molecule has 2 aromatic rings. The van der Waals surface area contributed by atoms with Gasteiger partial charge in [-0.2, -0.15) is 0 Å². The van der Waals surface area contributed by atoms with Crippen molar-refractivity contribution in [2.75, 3.05) is 44.8 Å². The molecule has 0 aliphatic carbocycles. The van der Waals surface area contributed by atoms with Crippen LogP contribution in [0.5, 0.6) is 0 Å². The van der Waals surface area contributed by atoms with Crippen LogP contribution >= 0.6 is 11.3 Å². The van der Waals surface area contributed by atoms with Crippen LogP contribution in [0.1, 0.15) is 17.7 Å². The first kappa shape index (κ1) is 16.9. The highest BCUT2D eigenvalue weighted by Gasteiger charge is 2.48. The van der Waals surface area contributed by atoms with E-state index in [0.29, 0.717) is 11.3 Å². The number of hydrogen-bond donors (Lipinski definition) is 0. The van der Waals surface area contributed by atoms with Gasteiger partial charge in [-0.25, -0.2) is 9.97 Å². The van der Waals surface area contributed by atoms with E-state index >= 15 is 0 Å². The van der Waals surface area contributed by atoms with Crippen molar-refractivity contribution in [1.82, 2.24) is 14.9 Å². The van der Waals surface area contributed by atoms with Crippen LogP contribution in [0.2, 0.25) is 0 Å². The average Bonchev–Trinajstić information content (AvgIpc) is 3.26. The Bertz CT molecular complexity index is 655. The second kappa shape index (κ2) is 7.40. The van der Waals surface area contributed by atoms with E-state index in [-0.39, 0.29) is 0 Å². The van der Waals surface area contributed by atoms with Gasteiger partial charge in [0.2, 0.25) is 5.95 Å². The Morgan fingerprint density at radius 3 is 2.72 bits per heavy atom. The quantitative estimate of drug-likeness (QED) is 0.822. The average molecular weight is 359 g/mol. The zero-order valence-corrected chi connectivity index (χ0v) is 15.6. The van der Waals surface area contributed by atoms with Gasteiger partial charge in [0.1, 0.15) is 0 Å². The summed E-state index contributed by atoms with van der Waals surface area (Å²) in [7, 11) is 1.84. The van der Waals surface area contributed by atoms with Crippen molar-refractivity contribution in [3.8, 4) is 0 Å². The number of piperidine rings is 1. The fourth-order valence-corrected chi connectivity index (χ4v) is 5.24. The second-order valence-corrected chi connectivity index (χ2v) is 8.33. The number of methoxy groups -OCH3 is 1. The number of anilines is 1. The first-order chi connectivity index (χ1) is 12.3. The van der Waals surface area contributed by atoms with Gasteiger partial charge in [-0.3, -0.25) is 4.90 Å². The number of rotatable bonds is 5. The molecule has 1 atom stereocenters. The van der Waals surface area contributed by atoms with Crippen LogP contribution in [0.15, 0.2) is 36.0 Å². The molecule has 0 N–H and O–H groups in total. The minimum Gasteiger partial charge on any atom is -0.384 e. The molecular weight excluding hydrogens is 332 g/mol. The minimum absolute atomic E-state index is 0.374. The van der Waals surface area contributed by atoms with Crippen LogP contribution in [-0.4, -0.2) is 54.8 Å². The molecule has 1 unspecified atom stereocenters. The van der Waals surface area contributed by atoms with E-state index in [9.17, 15) is 0 Å². The molecule has 4 rings (SSSR count). The SMILES string of the molecule is COCC1CN(Cc2cccs2)CC12CCN(c1ncccn1)CC2. The van der Waals surface area contributed by atoms with Gasteiger partial charge in [0.15, 0.2) is 0 Å². The van der Waals surface area contributed by atoms with Crippen LogP contribution in [0.4, 0.5) is 5.95 Å². The van der Waals surface area contributed by atoms with Crippen molar-refractivity contribution >= 4 is 17.3 Å². The summed E-state index contributed by atoms with van der Waals surface area (Å²) in [6, 6.07) is 6.27. The number of aromatic nitrogens is 2. The van der Waals surface area contributed by atoms with Crippen molar-refractivity contribution in [2.45, 2.75) is 19.4 Å². The fraction of sp³-hybridized carbons (Fsp3) is 0.579. The highest BCUT2D eigenvalue weighted by molar-refractivity contribution is 7.09. The Morgan fingerprint density at radius 2 is 2.04 bits per heavy atom. The van der Waals surface area contributed by atoms with E-state index in [1.807, 2.05) is 36.9 Å². The lowest BCUT2D eigenvalue weighted by molar-refractivity contribution is 0.0760. The number of ether oxygens (including phenoxy) is 1. The molecule has 0 aromatic carbocycles. The summed E-state index contributed by atoms with van der Waals surface area (Å²) in [5.74, 6) is 1.49. The maximum Gasteiger partial charge on any atom is 0.225 e. The number of nitrogens with zero attached hydrogens (tertiary/aromatic N) is 4. The standard InChI is InChI=1S/C19H26N4OS/c1-24-14-16-12-22(13-17-4-2-11-25-17)15-19(16)5-9-23(10-6-19)18-20-7-3-8-21-18/h2-4,7-8,11,16H,5-6,9-10,12-15H2,1H3. The smallest absolute Gasteiger partial charge is 0.225 e. The normalized spacial score (nSPS) is 23.4. The predicted octanol–water partition coefficient (Wildman–Crippen LogP) is 2.90. The van der Waals surface area contributed by atoms with Crippen molar-refractivity contribution in [3.63, 3.8) is 0 Å². The van der Waals surface area contributed by atoms with Gasteiger partial charge in [-0.15, -0.1) is 11.3 Å². The summed E-state index contributed by atoms with van der Waals surface area (Å²) in [5.41, 5.74) is 0.374. The van der Waals surface area contributed by atoms with E-state index in [1.165, 1.54) is 24.3 Å². The van der Waals surface area contributed by atoms with Crippen LogP contribution in [0, 0.1) is 11.3 Å². The van der Waals surface area contributed by atoms with Crippen molar-refractivity contribution in [3.05, 3.63) is 40.8 Å². The topological polar surface area (TPSA) is 41.5 Å². The number of thiophene rings is 1. The molecule has 4 heterocycles. The van der Waals surface area contributed by atoms with Crippen LogP contribution in [-0.2, 0) is 11.3 Å². The van der Waals surface area contributed by atoms with Crippen LogP contribution in [0.3, 0.4) is 0 Å². The molecule has 0 saturated carbocycles. The summed E-state index contributed by atoms with van der Waals surface area (Å²) in [5, 5.41) is 2.17. The van der Waals surface area contributed by atoms with Gasteiger partial charge in [-0.1, -0.05) is 6.07 Å². The lowest BCUT2D eigenvalue weighted by Gasteiger charge is -2.42. The molecule has 2 aliphatic rings. The molecule has 6 heteroatoms. The molecule has 134 valence electrons. The second-order valence-electron chi connectivity index (χ2n) is 7.30. The lowest BCUT2D eigenvalue weighted by Crippen LogP contribution is -2.45. The third-order valence-electron chi connectivity index (χ3n) is 5.80. The molecule has 2 aromatic heterocycles. The molecule has 5 nitrogen and oxygen atoms in total. The molecule has 2 fully saturated rings. The van der Waals surface area contributed by atoms with Gasteiger partial charge >= 0.3 is 0 Å². The van der Waals surface area contributed by atoms with Crippen molar-refractivity contribution in [1.29, 1.82) is 0 Å². The molecule has 0 bridgehead atoms. The summed E-state index contributed by atoms with van der Waals surface area (Å²) in [4.78, 5) is 15.3. The predicted molar refractivity (Wildman–Crippen MR) is 101 cm³/mol. The number of likely N-dealkylation sites (tertiary alicyclic amines) is 1. The van der Waals surface area contributed by atoms with E-state index in [1.54, 1.807) is 0 Å². The maximum atomic E-state index is 5.59.